The van der Waals surface area contributed by atoms with E-state index < -0.39 is 0 Å². The van der Waals surface area contributed by atoms with Crippen LogP contribution < -0.4 is 5.32 Å². The Hall–Kier alpha value is -2.59. The molecule has 3 aromatic rings. The third kappa shape index (κ3) is 3.30. The van der Waals surface area contributed by atoms with Crippen LogP contribution in [0, 0.1) is 0 Å². The van der Waals surface area contributed by atoms with Crippen molar-refractivity contribution in [1.82, 2.24) is 9.97 Å². The Balaban J connectivity index is 1.72. The fraction of sp³-hybridized carbons (Fsp3) is 0. The Labute approximate surface area is 126 Å². The number of rotatable bonds is 3. The Bertz CT molecular complexity index is 809. The van der Waals surface area contributed by atoms with Gasteiger partial charge < -0.3 is 10.3 Å². The molecule has 1 heterocycles. The molecule has 0 bridgehead atoms. The van der Waals surface area contributed by atoms with Crippen molar-refractivity contribution in [2.45, 2.75) is 0 Å². The highest BCUT2D eigenvalue weighted by Gasteiger charge is 2.03. The third-order valence-electron chi connectivity index (χ3n) is 2.95. The maximum absolute atomic E-state index is 11.9. The Kier molecular flexibility index (Phi) is 3.71. The molecule has 0 aliphatic carbocycles. The van der Waals surface area contributed by atoms with Crippen molar-refractivity contribution in [3.63, 3.8) is 0 Å². The maximum atomic E-state index is 11.9. The Morgan fingerprint density at radius 3 is 2.81 bits per heavy atom. The normalized spacial score (nSPS) is 11.1. The third-order valence-corrected chi connectivity index (χ3v) is 3.13. The minimum atomic E-state index is -0.191. The smallest absolute Gasteiger partial charge is 0.248 e. The molecule has 2 aromatic carbocycles. The summed E-state index contributed by atoms with van der Waals surface area (Å²) in [6, 6.07) is 15.0. The summed E-state index contributed by atoms with van der Waals surface area (Å²) in [6.45, 7) is 0. The van der Waals surface area contributed by atoms with Crippen molar-refractivity contribution in [1.29, 1.82) is 0 Å². The summed E-state index contributed by atoms with van der Waals surface area (Å²) in [7, 11) is 0. The first-order chi connectivity index (χ1) is 10.2. The number of hydrogen-bond donors (Lipinski definition) is 2. The molecule has 104 valence electrons. The molecule has 0 saturated carbocycles. The van der Waals surface area contributed by atoms with Crippen LogP contribution in [0.25, 0.3) is 17.1 Å². The molecule has 0 aliphatic rings. The highest BCUT2D eigenvalue weighted by molar-refractivity contribution is 6.29. The number of aromatic amines is 1. The second-order valence-corrected chi connectivity index (χ2v) is 4.85. The standard InChI is InChI=1S/C16H12ClN3O/c17-16-19-13-8-7-12(10-14(13)20-16)18-15(21)9-6-11-4-2-1-3-5-11/h1-10H,(H,18,21)(H,19,20)/b9-6+. The van der Waals surface area contributed by atoms with Gasteiger partial charge in [0.15, 0.2) is 0 Å². The second-order valence-electron chi connectivity index (χ2n) is 4.49. The minimum absolute atomic E-state index is 0.191. The van der Waals surface area contributed by atoms with Crippen LogP contribution in [0.15, 0.2) is 54.6 Å². The largest absolute Gasteiger partial charge is 0.329 e. The molecule has 0 unspecified atom stereocenters. The Morgan fingerprint density at radius 2 is 2.00 bits per heavy atom. The van der Waals surface area contributed by atoms with E-state index in [1.165, 1.54) is 6.08 Å². The Morgan fingerprint density at radius 1 is 1.19 bits per heavy atom. The molecule has 0 fully saturated rings. The van der Waals surface area contributed by atoms with Crippen molar-refractivity contribution in [2.75, 3.05) is 5.32 Å². The number of anilines is 1. The SMILES string of the molecule is O=C(/C=C/c1ccccc1)Nc1ccc2nc(Cl)[nH]c2c1. The molecule has 0 aliphatic heterocycles. The average Bonchev–Trinajstić information content (AvgIpc) is 2.85. The molecule has 5 heteroatoms. The summed E-state index contributed by atoms with van der Waals surface area (Å²) in [5.74, 6) is -0.191. The van der Waals surface area contributed by atoms with E-state index in [4.69, 9.17) is 11.6 Å². The highest BCUT2D eigenvalue weighted by atomic mass is 35.5. The molecule has 1 amide bonds. The molecule has 1 aromatic heterocycles. The number of carbonyl (C=O) groups is 1. The molecule has 3 rings (SSSR count). The predicted molar refractivity (Wildman–Crippen MR) is 85.2 cm³/mol. The quantitative estimate of drug-likeness (QED) is 0.721. The molecule has 2 N–H and O–H groups in total. The lowest BCUT2D eigenvalue weighted by atomic mass is 10.2. The maximum Gasteiger partial charge on any atom is 0.248 e. The monoisotopic (exact) mass is 297 g/mol. The van der Waals surface area contributed by atoms with Gasteiger partial charge in [-0.3, -0.25) is 4.79 Å². The van der Waals surface area contributed by atoms with Crippen LogP contribution in [0.2, 0.25) is 5.28 Å². The summed E-state index contributed by atoms with van der Waals surface area (Å²) in [4.78, 5) is 18.9. The van der Waals surface area contributed by atoms with E-state index in [-0.39, 0.29) is 5.91 Å². The number of fused-ring (bicyclic) bond motifs is 1. The van der Waals surface area contributed by atoms with Gasteiger partial charge in [-0.15, -0.1) is 0 Å². The predicted octanol–water partition coefficient (Wildman–Crippen LogP) is 3.87. The molecule has 0 saturated heterocycles. The molecule has 0 spiro atoms. The van der Waals surface area contributed by atoms with Crippen molar-refractivity contribution in [3.05, 3.63) is 65.5 Å². The zero-order valence-electron chi connectivity index (χ0n) is 11.0. The van der Waals surface area contributed by atoms with Crippen molar-refractivity contribution >= 4 is 40.3 Å². The topological polar surface area (TPSA) is 57.8 Å². The van der Waals surface area contributed by atoms with Crippen LogP contribution in [-0.2, 0) is 4.79 Å². The highest BCUT2D eigenvalue weighted by Crippen LogP contribution is 2.19. The van der Waals surface area contributed by atoms with Crippen molar-refractivity contribution in [2.24, 2.45) is 0 Å². The van der Waals surface area contributed by atoms with Gasteiger partial charge in [-0.1, -0.05) is 30.3 Å². The summed E-state index contributed by atoms with van der Waals surface area (Å²) in [6.07, 6.45) is 3.26. The van der Waals surface area contributed by atoms with Gasteiger partial charge in [0.1, 0.15) is 0 Å². The number of carbonyl (C=O) groups excluding carboxylic acids is 1. The number of amides is 1. The van der Waals surface area contributed by atoms with Crippen molar-refractivity contribution < 1.29 is 4.79 Å². The van der Waals surface area contributed by atoms with E-state index in [9.17, 15) is 4.79 Å². The fourth-order valence-electron chi connectivity index (χ4n) is 1.98. The van der Waals surface area contributed by atoms with E-state index in [1.807, 2.05) is 30.3 Å². The number of benzene rings is 2. The van der Waals surface area contributed by atoms with Crippen LogP contribution in [0.4, 0.5) is 5.69 Å². The van der Waals surface area contributed by atoms with Gasteiger partial charge in [-0.2, -0.15) is 0 Å². The number of aromatic nitrogens is 2. The first-order valence-corrected chi connectivity index (χ1v) is 6.78. The van der Waals surface area contributed by atoms with E-state index in [0.29, 0.717) is 11.0 Å². The van der Waals surface area contributed by atoms with Crippen LogP contribution >= 0.6 is 11.6 Å². The zero-order valence-corrected chi connectivity index (χ0v) is 11.8. The van der Waals surface area contributed by atoms with Gasteiger partial charge in [-0.25, -0.2) is 4.98 Å². The number of imidazole rings is 1. The van der Waals surface area contributed by atoms with E-state index in [0.717, 1.165) is 16.6 Å². The molecular formula is C16H12ClN3O. The summed E-state index contributed by atoms with van der Waals surface area (Å²) >= 11 is 5.79. The van der Waals surface area contributed by atoms with E-state index >= 15 is 0 Å². The van der Waals surface area contributed by atoms with Crippen LogP contribution in [-0.4, -0.2) is 15.9 Å². The first kappa shape index (κ1) is 13.4. The van der Waals surface area contributed by atoms with Gasteiger partial charge >= 0.3 is 0 Å². The number of halogens is 1. The number of hydrogen-bond acceptors (Lipinski definition) is 2. The summed E-state index contributed by atoms with van der Waals surface area (Å²) < 4.78 is 0. The van der Waals surface area contributed by atoms with Gasteiger partial charge in [0.25, 0.3) is 0 Å². The lowest BCUT2D eigenvalue weighted by molar-refractivity contribution is -0.111. The fourth-order valence-corrected chi connectivity index (χ4v) is 2.17. The summed E-state index contributed by atoms with van der Waals surface area (Å²) in [5.41, 5.74) is 3.21. The lowest BCUT2D eigenvalue weighted by Crippen LogP contribution is -2.07. The van der Waals surface area contributed by atoms with Gasteiger partial charge in [0.2, 0.25) is 11.2 Å². The zero-order chi connectivity index (χ0) is 14.7. The number of H-pyrrole nitrogens is 1. The number of nitrogens with one attached hydrogen (secondary N) is 2. The first-order valence-electron chi connectivity index (χ1n) is 6.40. The number of nitrogens with zero attached hydrogens (tertiary/aromatic N) is 1. The second kappa shape index (κ2) is 5.81. The molecule has 21 heavy (non-hydrogen) atoms. The van der Waals surface area contributed by atoms with Crippen LogP contribution in [0.3, 0.4) is 0 Å². The molecule has 4 nitrogen and oxygen atoms in total. The average molecular weight is 298 g/mol. The van der Waals surface area contributed by atoms with Gasteiger partial charge in [-0.05, 0) is 41.4 Å². The summed E-state index contributed by atoms with van der Waals surface area (Å²) in [5, 5.41) is 3.13. The minimum Gasteiger partial charge on any atom is -0.329 e. The van der Waals surface area contributed by atoms with Gasteiger partial charge in [0.05, 0.1) is 11.0 Å². The van der Waals surface area contributed by atoms with E-state index in [1.54, 1.807) is 24.3 Å². The van der Waals surface area contributed by atoms with Crippen LogP contribution in [0.5, 0.6) is 0 Å². The molecule has 0 atom stereocenters. The van der Waals surface area contributed by atoms with Crippen LogP contribution in [0.1, 0.15) is 5.56 Å². The molecular weight excluding hydrogens is 286 g/mol. The van der Waals surface area contributed by atoms with Crippen molar-refractivity contribution in [3.8, 4) is 0 Å². The lowest BCUT2D eigenvalue weighted by Gasteiger charge is -2.01. The van der Waals surface area contributed by atoms with E-state index in [2.05, 4.69) is 15.3 Å². The van der Waals surface area contributed by atoms with Gasteiger partial charge in [0, 0.05) is 11.8 Å². The molecule has 0 radical (unpaired) electrons.